The molecule has 0 radical (unpaired) electrons. The fourth-order valence-corrected chi connectivity index (χ4v) is 1.55. The first-order valence-electron chi connectivity index (χ1n) is 5.33. The fourth-order valence-electron chi connectivity index (χ4n) is 1.55. The van der Waals surface area contributed by atoms with Crippen LogP contribution in [0.2, 0.25) is 0 Å². The van der Waals surface area contributed by atoms with Gasteiger partial charge in [0.15, 0.2) is 0 Å². The molecule has 0 aliphatic carbocycles. The summed E-state index contributed by atoms with van der Waals surface area (Å²) >= 11 is 0. The Hall–Kier alpha value is -2.23. The molecule has 1 aromatic heterocycles. The molecule has 0 aliphatic rings. The van der Waals surface area contributed by atoms with E-state index in [4.69, 9.17) is 10.2 Å². The van der Waals surface area contributed by atoms with Gasteiger partial charge >= 0.3 is 0 Å². The molecular formula is C13H14N2O2. The molecule has 0 atom stereocenters. The molecule has 17 heavy (non-hydrogen) atoms. The van der Waals surface area contributed by atoms with Gasteiger partial charge in [-0.1, -0.05) is 12.1 Å². The molecule has 0 aliphatic heterocycles. The molecule has 1 heterocycles. The highest BCUT2D eigenvalue weighted by atomic mass is 16.3. The predicted molar refractivity (Wildman–Crippen MR) is 65.5 cm³/mol. The normalized spacial score (nSPS) is 10.2. The summed E-state index contributed by atoms with van der Waals surface area (Å²) in [4.78, 5) is 11.7. The molecule has 2 rings (SSSR count). The molecule has 0 saturated carbocycles. The van der Waals surface area contributed by atoms with Crippen LogP contribution in [0.4, 0.5) is 5.69 Å². The number of benzene rings is 1. The van der Waals surface area contributed by atoms with Crippen LogP contribution in [-0.4, -0.2) is 5.91 Å². The van der Waals surface area contributed by atoms with Crippen LogP contribution >= 0.6 is 0 Å². The number of rotatable bonds is 3. The van der Waals surface area contributed by atoms with E-state index in [-0.39, 0.29) is 5.91 Å². The van der Waals surface area contributed by atoms with Crippen LogP contribution in [0.15, 0.2) is 41.0 Å². The van der Waals surface area contributed by atoms with Crippen LogP contribution in [0.3, 0.4) is 0 Å². The maximum atomic E-state index is 11.7. The highest BCUT2D eigenvalue weighted by Crippen LogP contribution is 2.08. The number of carbonyl (C=O) groups is 1. The number of amides is 1. The largest absolute Gasteiger partial charge is 0.469 e. The van der Waals surface area contributed by atoms with Crippen molar-refractivity contribution in [2.45, 2.75) is 13.5 Å². The number of aryl methyl sites for hydroxylation is 1. The molecule has 0 bridgehead atoms. The average Bonchev–Trinajstić information content (AvgIpc) is 2.73. The smallest absolute Gasteiger partial charge is 0.254 e. The van der Waals surface area contributed by atoms with E-state index < -0.39 is 0 Å². The van der Waals surface area contributed by atoms with E-state index in [0.717, 1.165) is 11.3 Å². The lowest BCUT2D eigenvalue weighted by molar-refractivity contribution is 0.0950. The molecule has 0 saturated heterocycles. The summed E-state index contributed by atoms with van der Waals surface area (Å²) in [5.74, 6) is 0.573. The molecule has 88 valence electrons. The van der Waals surface area contributed by atoms with Crippen LogP contribution in [0.25, 0.3) is 0 Å². The molecule has 4 nitrogen and oxygen atoms in total. The zero-order chi connectivity index (χ0) is 12.3. The van der Waals surface area contributed by atoms with Gasteiger partial charge in [-0.2, -0.15) is 0 Å². The Morgan fingerprint density at radius 2 is 2.24 bits per heavy atom. The molecule has 0 fully saturated rings. The van der Waals surface area contributed by atoms with Gasteiger partial charge in [-0.25, -0.2) is 0 Å². The van der Waals surface area contributed by atoms with Crippen molar-refractivity contribution < 1.29 is 9.21 Å². The number of nitrogen functional groups attached to an aromatic ring is 1. The van der Waals surface area contributed by atoms with Gasteiger partial charge in [0.1, 0.15) is 12.0 Å². The van der Waals surface area contributed by atoms with E-state index in [1.54, 1.807) is 13.0 Å². The minimum absolute atomic E-state index is 0.149. The Labute approximate surface area is 99.4 Å². The van der Waals surface area contributed by atoms with Gasteiger partial charge in [-0.15, -0.1) is 0 Å². The minimum atomic E-state index is -0.149. The predicted octanol–water partition coefficient (Wildman–Crippen LogP) is 2.10. The average molecular weight is 230 g/mol. The lowest BCUT2D eigenvalue weighted by Gasteiger charge is -2.04. The van der Waals surface area contributed by atoms with Crippen molar-refractivity contribution in [3.8, 4) is 0 Å². The van der Waals surface area contributed by atoms with Gasteiger partial charge in [-0.3, -0.25) is 4.79 Å². The first-order valence-corrected chi connectivity index (χ1v) is 5.33. The van der Waals surface area contributed by atoms with Crippen molar-refractivity contribution in [1.29, 1.82) is 0 Å². The molecule has 1 amide bonds. The quantitative estimate of drug-likeness (QED) is 0.793. The van der Waals surface area contributed by atoms with E-state index in [2.05, 4.69) is 5.32 Å². The van der Waals surface area contributed by atoms with Gasteiger partial charge in [0.2, 0.25) is 0 Å². The van der Waals surface area contributed by atoms with E-state index in [1.807, 2.05) is 24.3 Å². The Kier molecular flexibility index (Phi) is 3.14. The van der Waals surface area contributed by atoms with Crippen molar-refractivity contribution in [2.24, 2.45) is 0 Å². The summed E-state index contributed by atoms with van der Waals surface area (Å²) in [6.07, 6.45) is 1.45. The SMILES string of the molecule is Cc1cc(C(=O)NCc2cccc(N)c2)co1. The van der Waals surface area contributed by atoms with Crippen molar-refractivity contribution >= 4 is 11.6 Å². The maximum absolute atomic E-state index is 11.7. The number of nitrogens with two attached hydrogens (primary N) is 1. The first-order chi connectivity index (χ1) is 8.15. The van der Waals surface area contributed by atoms with E-state index in [9.17, 15) is 4.79 Å². The number of anilines is 1. The van der Waals surface area contributed by atoms with Crippen molar-refractivity contribution in [3.63, 3.8) is 0 Å². The zero-order valence-electron chi connectivity index (χ0n) is 9.57. The second kappa shape index (κ2) is 4.74. The number of hydrogen-bond acceptors (Lipinski definition) is 3. The molecule has 0 unspecified atom stereocenters. The Balaban J connectivity index is 1.97. The highest BCUT2D eigenvalue weighted by molar-refractivity contribution is 5.93. The number of carbonyl (C=O) groups excluding carboxylic acids is 1. The molecule has 2 aromatic rings. The fraction of sp³-hybridized carbons (Fsp3) is 0.154. The van der Waals surface area contributed by atoms with Crippen LogP contribution in [0, 0.1) is 6.92 Å². The van der Waals surface area contributed by atoms with Crippen LogP contribution in [0.1, 0.15) is 21.7 Å². The van der Waals surface area contributed by atoms with Gasteiger partial charge in [0.25, 0.3) is 5.91 Å². The lowest BCUT2D eigenvalue weighted by atomic mass is 10.2. The summed E-state index contributed by atoms with van der Waals surface area (Å²) < 4.78 is 5.08. The third-order valence-corrected chi connectivity index (χ3v) is 2.40. The van der Waals surface area contributed by atoms with E-state index in [1.165, 1.54) is 6.26 Å². The number of furan rings is 1. The summed E-state index contributed by atoms with van der Waals surface area (Å²) in [7, 11) is 0. The summed E-state index contributed by atoms with van der Waals surface area (Å²) in [6, 6.07) is 9.12. The van der Waals surface area contributed by atoms with Crippen LogP contribution in [-0.2, 0) is 6.54 Å². The number of nitrogens with one attached hydrogen (secondary N) is 1. The Morgan fingerprint density at radius 1 is 1.41 bits per heavy atom. The van der Waals surface area contributed by atoms with Crippen molar-refractivity contribution in [1.82, 2.24) is 5.32 Å². The molecular weight excluding hydrogens is 216 g/mol. The number of hydrogen-bond donors (Lipinski definition) is 2. The van der Waals surface area contributed by atoms with Gasteiger partial charge in [-0.05, 0) is 30.7 Å². The molecule has 4 heteroatoms. The van der Waals surface area contributed by atoms with Crippen LogP contribution < -0.4 is 11.1 Å². The van der Waals surface area contributed by atoms with E-state index in [0.29, 0.717) is 17.8 Å². The Morgan fingerprint density at radius 3 is 2.88 bits per heavy atom. The topological polar surface area (TPSA) is 68.3 Å². The lowest BCUT2D eigenvalue weighted by Crippen LogP contribution is -2.22. The van der Waals surface area contributed by atoms with Crippen LogP contribution in [0.5, 0.6) is 0 Å². The van der Waals surface area contributed by atoms with Gasteiger partial charge in [0, 0.05) is 12.2 Å². The van der Waals surface area contributed by atoms with E-state index >= 15 is 0 Å². The monoisotopic (exact) mass is 230 g/mol. The first kappa shape index (κ1) is 11.3. The zero-order valence-corrected chi connectivity index (χ0v) is 9.57. The molecule has 0 spiro atoms. The summed E-state index contributed by atoms with van der Waals surface area (Å²) in [6.45, 7) is 2.25. The summed E-state index contributed by atoms with van der Waals surface area (Å²) in [5, 5.41) is 2.80. The third kappa shape index (κ3) is 2.87. The second-order valence-corrected chi connectivity index (χ2v) is 3.87. The second-order valence-electron chi connectivity index (χ2n) is 3.87. The Bertz CT molecular complexity index is 532. The maximum Gasteiger partial charge on any atom is 0.254 e. The summed E-state index contributed by atoms with van der Waals surface area (Å²) in [5.41, 5.74) is 7.85. The standard InChI is InChI=1S/C13H14N2O2/c1-9-5-11(8-17-9)13(16)15-7-10-3-2-4-12(14)6-10/h2-6,8H,7,14H2,1H3,(H,15,16). The third-order valence-electron chi connectivity index (χ3n) is 2.40. The minimum Gasteiger partial charge on any atom is -0.469 e. The highest BCUT2D eigenvalue weighted by Gasteiger charge is 2.07. The molecule has 3 N–H and O–H groups in total. The van der Waals surface area contributed by atoms with Gasteiger partial charge in [0.05, 0.1) is 5.56 Å². The molecule has 1 aromatic carbocycles. The van der Waals surface area contributed by atoms with Gasteiger partial charge < -0.3 is 15.5 Å². The van der Waals surface area contributed by atoms with Crippen molar-refractivity contribution in [2.75, 3.05) is 5.73 Å². The van der Waals surface area contributed by atoms with Crippen molar-refractivity contribution in [3.05, 3.63) is 53.5 Å².